The van der Waals surface area contributed by atoms with E-state index < -0.39 is 10.0 Å². The van der Waals surface area contributed by atoms with Gasteiger partial charge in [0.15, 0.2) is 9.34 Å². The Bertz CT molecular complexity index is 933. The normalized spacial score (nSPS) is 11.9. The number of rotatable bonds is 3. The van der Waals surface area contributed by atoms with Crippen LogP contribution in [0.3, 0.4) is 0 Å². The van der Waals surface area contributed by atoms with Gasteiger partial charge in [-0.05, 0) is 19.1 Å². The third-order valence-electron chi connectivity index (χ3n) is 2.63. The van der Waals surface area contributed by atoms with Crippen molar-refractivity contribution in [3.05, 3.63) is 22.8 Å². The molecule has 0 unspecified atom stereocenters. The number of benzene rings is 1. The smallest absolute Gasteiger partial charge is 0.273 e. The predicted octanol–water partition coefficient (Wildman–Crippen LogP) is 2.49. The fraction of sp³-hybridized carbons (Fsp3) is 0.100. The molecule has 0 radical (unpaired) electrons. The highest BCUT2D eigenvalue weighted by Crippen LogP contribution is 2.33. The molecular weight excluding hydrogens is 354 g/mol. The summed E-state index contributed by atoms with van der Waals surface area (Å²) in [6, 6.07) is 3.24. The molecule has 7 nitrogen and oxygen atoms in total. The monoisotopic (exact) mass is 361 g/mol. The maximum atomic E-state index is 12.5. The Kier molecular flexibility index (Phi) is 3.48. The van der Waals surface area contributed by atoms with Crippen LogP contribution in [0, 0.1) is 6.92 Å². The van der Waals surface area contributed by atoms with Crippen LogP contribution in [-0.4, -0.2) is 22.1 Å². The fourth-order valence-electron chi connectivity index (χ4n) is 1.76. The average molecular weight is 362 g/mol. The molecule has 21 heavy (non-hydrogen) atoms. The zero-order chi connectivity index (χ0) is 15.2. The van der Waals surface area contributed by atoms with Crippen LogP contribution in [0.5, 0.6) is 0 Å². The molecule has 3 rings (SSSR count). The number of fused-ring (bicyclic) bond motifs is 1. The van der Waals surface area contributed by atoms with E-state index in [4.69, 9.17) is 17.3 Å². The van der Waals surface area contributed by atoms with Crippen molar-refractivity contribution >= 4 is 66.5 Å². The lowest BCUT2D eigenvalue weighted by molar-refractivity contribution is 0.602. The molecule has 0 aliphatic rings. The van der Waals surface area contributed by atoms with Gasteiger partial charge in [-0.1, -0.05) is 22.9 Å². The minimum Gasteiger partial charge on any atom is -0.375 e. The lowest BCUT2D eigenvalue weighted by Gasteiger charge is -2.08. The first-order chi connectivity index (χ1) is 9.88. The van der Waals surface area contributed by atoms with Crippen molar-refractivity contribution in [3.63, 3.8) is 0 Å². The number of hydrogen-bond acceptors (Lipinski definition) is 8. The van der Waals surface area contributed by atoms with Gasteiger partial charge < -0.3 is 5.73 Å². The quantitative estimate of drug-likeness (QED) is 0.741. The second-order valence-corrected chi connectivity index (χ2v) is 7.93. The van der Waals surface area contributed by atoms with E-state index >= 15 is 0 Å². The Morgan fingerprint density at radius 2 is 2.10 bits per heavy atom. The zero-order valence-electron chi connectivity index (χ0n) is 10.5. The van der Waals surface area contributed by atoms with Crippen molar-refractivity contribution in [2.45, 2.75) is 11.1 Å². The number of nitrogens with zero attached hydrogens (tertiary/aromatic N) is 3. The summed E-state index contributed by atoms with van der Waals surface area (Å²) in [4.78, 5) is 3.91. The van der Waals surface area contributed by atoms with E-state index in [1.165, 1.54) is 0 Å². The van der Waals surface area contributed by atoms with Gasteiger partial charge in [0.25, 0.3) is 10.0 Å². The van der Waals surface area contributed by atoms with Crippen molar-refractivity contribution in [2.24, 2.45) is 0 Å². The van der Waals surface area contributed by atoms with Crippen LogP contribution in [-0.2, 0) is 10.0 Å². The lowest BCUT2D eigenvalue weighted by Crippen LogP contribution is -2.13. The summed E-state index contributed by atoms with van der Waals surface area (Å²) < 4.78 is 35.5. The van der Waals surface area contributed by atoms with Gasteiger partial charge in [0.05, 0.1) is 28.1 Å². The molecule has 11 heteroatoms. The van der Waals surface area contributed by atoms with Crippen LogP contribution in [0.4, 0.5) is 10.8 Å². The first kappa shape index (κ1) is 14.4. The van der Waals surface area contributed by atoms with Crippen molar-refractivity contribution in [1.82, 2.24) is 13.7 Å². The maximum Gasteiger partial charge on any atom is 0.273 e. The number of nitrogens with two attached hydrogens (primary N) is 1. The highest BCUT2D eigenvalue weighted by Gasteiger charge is 2.24. The molecule has 2 heterocycles. The van der Waals surface area contributed by atoms with E-state index in [-0.39, 0.29) is 20.1 Å². The summed E-state index contributed by atoms with van der Waals surface area (Å²) in [5.41, 5.74) is 7.06. The van der Waals surface area contributed by atoms with E-state index in [1.54, 1.807) is 19.1 Å². The standard InChI is InChI=1S/C10H8ClN5O2S3/c1-4-9(19-10(12)13-4)21(17,18)16-7-5(11)2-3-6-8(7)15-20-14-6/h2-3,16H,1H3,(H2,12,13). The Morgan fingerprint density at radius 3 is 2.76 bits per heavy atom. The third kappa shape index (κ3) is 2.55. The molecule has 0 saturated carbocycles. The Morgan fingerprint density at radius 1 is 1.33 bits per heavy atom. The van der Waals surface area contributed by atoms with E-state index in [1.807, 2.05) is 0 Å². The number of anilines is 2. The Labute approximate surface area is 133 Å². The maximum absolute atomic E-state index is 12.5. The van der Waals surface area contributed by atoms with Crippen LogP contribution >= 0.6 is 34.7 Å². The molecule has 0 bridgehead atoms. The predicted molar refractivity (Wildman–Crippen MR) is 84.5 cm³/mol. The molecule has 0 saturated heterocycles. The second-order valence-electron chi connectivity index (χ2n) is 4.08. The summed E-state index contributed by atoms with van der Waals surface area (Å²) in [5, 5.41) is 0.432. The van der Waals surface area contributed by atoms with Gasteiger partial charge >= 0.3 is 0 Å². The van der Waals surface area contributed by atoms with E-state index in [0.29, 0.717) is 16.7 Å². The molecule has 3 aromatic rings. The second kappa shape index (κ2) is 5.05. The molecule has 0 fully saturated rings. The molecule has 1 aromatic carbocycles. The summed E-state index contributed by atoms with van der Waals surface area (Å²) in [5.74, 6) is 0. The van der Waals surface area contributed by atoms with Gasteiger partial charge in [-0.25, -0.2) is 13.4 Å². The van der Waals surface area contributed by atoms with Crippen LogP contribution in [0.25, 0.3) is 11.0 Å². The van der Waals surface area contributed by atoms with E-state index in [2.05, 4.69) is 18.5 Å². The van der Waals surface area contributed by atoms with Crippen molar-refractivity contribution in [3.8, 4) is 0 Å². The topological polar surface area (TPSA) is 111 Å². The van der Waals surface area contributed by atoms with E-state index in [0.717, 1.165) is 23.1 Å². The summed E-state index contributed by atoms with van der Waals surface area (Å²) in [7, 11) is -3.84. The number of thiazole rings is 1. The molecular formula is C10H8ClN5O2S3. The SMILES string of the molecule is Cc1nc(N)sc1S(=O)(=O)Nc1c(Cl)ccc2nsnc12. The van der Waals surface area contributed by atoms with Gasteiger partial charge in [0.2, 0.25) is 0 Å². The number of aryl methyl sites for hydroxylation is 1. The van der Waals surface area contributed by atoms with Gasteiger partial charge in [-0.15, -0.1) is 0 Å². The van der Waals surface area contributed by atoms with E-state index in [9.17, 15) is 8.42 Å². The van der Waals surface area contributed by atoms with Gasteiger partial charge in [-0.2, -0.15) is 8.75 Å². The summed E-state index contributed by atoms with van der Waals surface area (Å²) in [6.45, 7) is 1.58. The van der Waals surface area contributed by atoms with Crippen LogP contribution < -0.4 is 10.5 Å². The van der Waals surface area contributed by atoms with Crippen LogP contribution in [0.1, 0.15) is 5.69 Å². The highest BCUT2D eigenvalue weighted by atomic mass is 35.5. The van der Waals surface area contributed by atoms with Gasteiger partial charge in [0.1, 0.15) is 11.0 Å². The number of nitrogen functional groups attached to an aromatic ring is 1. The van der Waals surface area contributed by atoms with Crippen molar-refractivity contribution in [1.29, 1.82) is 0 Å². The number of sulfonamides is 1. The molecule has 0 aliphatic carbocycles. The van der Waals surface area contributed by atoms with Gasteiger partial charge in [-0.3, -0.25) is 4.72 Å². The molecule has 110 valence electrons. The first-order valence-corrected chi connectivity index (χ1v) is 8.96. The van der Waals surface area contributed by atoms with Crippen molar-refractivity contribution in [2.75, 3.05) is 10.5 Å². The van der Waals surface area contributed by atoms with Crippen LogP contribution in [0.15, 0.2) is 16.3 Å². The molecule has 0 spiro atoms. The molecule has 0 aliphatic heterocycles. The first-order valence-electron chi connectivity index (χ1n) is 5.55. The Balaban J connectivity index is 2.11. The van der Waals surface area contributed by atoms with Crippen LogP contribution in [0.2, 0.25) is 5.02 Å². The number of aromatic nitrogens is 3. The Hall–Kier alpha value is -1.49. The summed E-state index contributed by atoms with van der Waals surface area (Å²) in [6.07, 6.45) is 0. The fourth-order valence-corrected chi connectivity index (χ4v) is 4.94. The lowest BCUT2D eigenvalue weighted by atomic mass is 10.3. The average Bonchev–Trinajstić information content (AvgIpc) is 2.99. The number of nitrogens with one attached hydrogen (secondary N) is 1. The molecule has 2 aromatic heterocycles. The van der Waals surface area contributed by atoms with Crippen molar-refractivity contribution < 1.29 is 8.42 Å². The molecule has 3 N–H and O–H groups in total. The molecule has 0 amide bonds. The largest absolute Gasteiger partial charge is 0.375 e. The minimum absolute atomic E-state index is 0.0521. The summed E-state index contributed by atoms with van der Waals surface area (Å²) >= 11 is 7.95. The number of halogens is 1. The third-order valence-corrected chi connectivity index (χ3v) is 6.43. The zero-order valence-corrected chi connectivity index (χ0v) is 13.7. The highest BCUT2D eigenvalue weighted by molar-refractivity contribution is 7.94. The van der Waals surface area contributed by atoms with Gasteiger partial charge in [0, 0.05) is 0 Å². The number of hydrogen-bond donors (Lipinski definition) is 2. The minimum atomic E-state index is -3.84. The molecule has 0 atom stereocenters.